The fraction of sp³-hybridized carbons (Fsp3) is 0.538. The topological polar surface area (TPSA) is 29.3 Å². The third-order valence-electron chi connectivity index (χ3n) is 3.45. The summed E-state index contributed by atoms with van der Waals surface area (Å²) < 4.78 is 13.1. The third-order valence-corrected chi connectivity index (χ3v) is 3.45. The van der Waals surface area contributed by atoms with Gasteiger partial charge in [0.05, 0.1) is 0 Å². The van der Waals surface area contributed by atoms with Gasteiger partial charge >= 0.3 is 0 Å². The number of nitrogens with two attached hydrogens (primary N) is 1. The smallest absolute Gasteiger partial charge is 0.123 e. The largest absolute Gasteiger partial charge is 0.326 e. The fourth-order valence-electron chi connectivity index (χ4n) is 2.28. The summed E-state index contributed by atoms with van der Waals surface area (Å²) in [6.07, 6.45) is 0. The van der Waals surface area contributed by atoms with E-state index in [2.05, 4.69) is 11.8 Å². The molecule has 1 aliphatic heterocycles. The molecule has 1 saturated heterocycles. The summed E-state index contributed by atoms with van der Waals surface area (Å²) in [6.45, 7) is 6.92. The maximum atomic E-state index is 13.1. The van der Waals surface area contributed by atoms with E-state index in [0.29, 0.717) is 5.92 Å². The zero-order valence-electron chi connectivity index (χ0n) is 9.91. The molecule has 0 spiro atoms. The van der Waals surface area contributed by atoms with Crippen LogP contribution >= 0.6 is 0 Å². The van der Waals surface area contributed by atoms with Gasteiger partial charge in [-0.2, -0.15) is 0 Å². The molecule has 16 heavy (non-hydrogen) atoms. The van der Waals surface area contributed by atoms with Gasteiger partial charge in [-0.05, 0) is 36.1 Å². The Morgan fingerprint density at radius 3 is 2.81 bits per heavy atom. The van der Waals surface area contributed by atoms with E-state index in [0.717, 1.165) is 30.8 Å². The Morgan fingerprint density at radius 2 is 2.19 bits per heavy atom. The first-order valence-electron chi connectivity index (χ1n) is 5.79. The van der Waals surface area contributed by atoms with Crippen LogP contribution < -0.4 is 5.73 Å². The van der Waals surface area contributed by atoms with Gasteiger partial charge in [0, 0.05) is 25.7 Å². The molecule has 1 fully saturated rings. The molecule has 3 heteroatoms. The van der Waals surface area contributed by atoms with Crippen molar-refractivity contribution in [1.29, 1.82) is 0 Å². The minimum atomic E-state index is -0.155. The van der Waals surface area contributed by atoms with Crippen LogP contribution in [0.25, 0.3) is 0 Å². The van der Waals surface area contributed by atoms with Gasteiger partial charge in [-0.25, -0.2) is 4.39 Å². The average Bonchev–Trinajstić information content (AvgIpc) is 2.52. The molecular weight excluding hydrogens is 203 g/mol. The van der Waals surface area contributed by atoms with Crippen LogP contribution in [-0.2, 0) is 6.54 Å². The number of hydrogen-bond donors (Lipinski definition) is 1. The second-order valence-corrected chi connectivity index (χ2v) is 4.91. The normalized spacial score (nSPS) is 26.2. The van der Waals surface area contributed by atoms with Crippen LogP contribution in [0.15, 0.2) is 18.2 Å². The highest BCUT2D eigenvalue weighted by molar-refractivity contribution is 5.26. The molecule has 2 rings (SSSR count). The van der Waals surface area contributed by atoms with E-state index in [1.807, 2.05) is 13.0 Å². The van der Waals surface area contributed by atoms with Crippen LogP contribution in [-0.4, -0.2) is 24.0 Å². The SMILES string of the molecule is Cc1ccc(F)cc1CN1CC(C)C(N)C1. The first-order chi connectivity index (χ1) is 7.56. The first kappa shape index (κ1) is 11.6. The quantitative estimate of drug-likeness (QED) is 0.828. The average molecular weight is 222 g/mol. The van der Waals surface area contributed by atoms with Crippen molar-refractivity contribution in [2.75, 3.05) is 13.1 Å². The molecule has 1 heterocycles. The monoisotopic (exact) mass is 222 g/mol. The predicted molar refractivity (Wildman–Crippen MR) is 63.6 cm³/mol. The maximum absolute atomic E-state index is 13.1. The second-order valence-electron chi connectivity index (χ2n) is 4.91. The molecule has 1 aliphatic rings. The zero-order chi connectivity index (χ0) is 11.7. The van der Waals surface area contributed by atoms with E-state index >= 15 is 0 Å². The van der Waals surface area contributed by atoms with Crippen LogP contribution in [0.4, 0.5) is 4.39 Å². The molecule has 0 aliphatic carbocycles. The lowest BCUT2D eigenvalue weighted by Crippen LogP contribution is -2.28. The molecule has 2 unspecified atom stereocenters. The molecule has 0 bridgehead atoms. The van der Waals surface area contributed by atoms with Crippen molar-refractivity contribution in [2.24, 2.45) is 11.7 Å². The van der Waals surface area contributed by atoms with Gasteiger partial charge in [-0.1, -0.05) is 13.0 Å². The van der Waals surface area contributed by atoms with Gasteiger partial charge in [-0.15, -0.1) is 0 Å². The van der Waals surface area contributed by atoms with Crippen molar-refractivity contribution in [3.8, 4) is 0 Å². The Labute approximate surface area is 96.2 Å². The van der Waals surface area contributed by atoms with Crippen LogP contribution in [0.2, 0.25) is 0 Å². The molecule has 0 aromatic heterocycles. The van der Waals surface area contributed by atoms with Gasteiger partial charge in [0.1, 0.15) is 5.82 Å². The summed E-state index contributed by atoms with van der Waals surface area (Å²) in [5.41, 5.74) is 8.19. The first-order valence-corrected chi connectivity index (χ1v) is 5.79. The maximum Gasteiger partial charge on any atom is 0.123 e. The Hall–Kier alpha value is -0.930. The van der Waals surface area contributed by atoms with E-state index in [1.54, 1.807) is 6.07 Å². The number of likely N-dealkylation sites (tertiary alicyclic amines) is 1. The van der Waals surface area contributed by atoms with Crippen molar-refractivity contribution < 1.29 is 4.39 Å². The highest BCUT2D eigenvalue weighted by Crippen LogP contribution is 2.19. The Balaban J connectivity index is 2.07. The van der Waals surface area contributed by atoms with E-state index in [4.69, 9.17) is 5.73 Å². The summed E-state index contributed by atoms with van der Waals surface area (Å²) in [4.78, 5) is 2.30. The third kappa shape index (κ3) is 2.42. The fourth-order valence-corrected chi connectivity index (χ4v) is 2.28. The molecule has 2 nitrogen and oxygen atoms in total. The Bertz CT molecular complexity index is 368. The van der Waals surface area contributed by atoms with Gasteiger partial charge in [0.2, 0.25) is 0 Å². The zero-order valence-corrected chi connectivity index (χ0v) is 9.91. The molecule has 0 amide bonds. The highest BCUT2D eigenvalue weighted by atomic mass is 19.1. The summed E-state index contributed by atoms with van der Waals surface area (Å²) in [5.74, 6) is 0.381. The van der Waals surface area contributed by atoms with Crippen LogP contribution in [0.1, 0.15) is 18.1 Å². The highest BCUT2D eigenvalue weighted by Gasteiger charge is 2.26. The molecule has 88 valence electrons. The van der Waals surface area contributed by atoms with E-state index in [1.165, 1.54) is 6.07 Å². The van der Waals surface area contributed by atoms with Crippen LogP contribution in [0.5, 0.6) is 0 Å². The molecule has 0 saturated carbocycles. The minimum absolute atomic E-state index is 0.155. The molecule has 1 aromatic rings. The lowest BCUT2D eigenvalue weighted by atomic mass is 10.1. The molecular formula is C13H19FN2. The van der Waals surface area contributed by atoms with Crippen molar-refractivity contribution in [3.05, 3.63) is 35.1 Å². The van der Waals surface area contributed by atoms with Gasteiger partial charge in [0.25, 0.3) is 0 Å². The summed E-state index contributed by atoms with van der Waals surface area (Å²) in [7, 11) is 0. The number of benzene rings is 1. The van der Waals surface area contributed by atoms with E-state index in [-0.39, 0.29) is 11.9 Å². The van der Waals surface area contributed by atoms with Gasteiger partial charge < -0.3 is 5.73 Å². The number of aryl methyl sites for hydroxylation is 1. The summed E-state index contributed by atoms with van der Waals surface area (Å²) in [5, 5.41) is 0. The summed E-state index contributed by atoms with van der Waals surface area (Å²) >= 11 is 0. The number of rotatable bonds is 2. The standard InChI is InChI=1S/C13H19FN2/c1-9-3-4-12(14)5-11(9)7-16-6-10(2)13(15)8-16/h3-5,10,13H,6-8,15H2,1-2H3. The molecule has 1 aromatic carbocycles. The second kappa shape index (κ2) is 4.52. The lowest BCUT2D eigenvalue weighted by Gasteiger charge is -2.16. The van der Waals surface area contributed by atoms with Crippen molar-refractivity contribution >= 4 is 0 Å². The van der Waals surface area contributed by atoms with Gasteiger partial charge in [0.15, 0.2) is 0 Å². The van der Waals surface area contributed by atoms with Crippen molar-refractivity contribution in [1.82, 2.24) is 4.90 Å². The molecule has 0 radical (unpaired) electrons. The number of hydrogen-bond acceptors (Lipinski definition) is 2. The van der Waals surface area contributed by atoms with Crippen molar-refractivity contribution in [2.45, 2.75) is 26.4 Å². The minimum Gasteiger partial charge on any atom is -0.326 e. The van der Waals surface area contributed by atoms with Crippen molar-refractivity contribution in [3.63, 3.8) is 0 Å². The van der Waals surface area contributed by atoms with Gasteiger partial charge in [-0.3, -0.25) is 4.90 Å². The molecule has 2 N–H and O–H groups in total. The summed E-state index contributed by atoms with van der Waals surface area (Å²) in [6, 6.07) is 5.24. The number of halogens is 1. The number of nitrogens with zero attached hydrogens (tertiary/aromatic N) is 1. The van der Waals surface area contributed by atoms with E-state index in [9.17, 15) is 4.39 Å². The Kier molecular flexibility index (Phi) is 3.26. The Morgan fingerprint density at radius 1 is 1.44 bits per heavy atom. The van der Waals surface area contributed by atoms with Crippen LogP contribution in [0.3, 0.4) is 0 Å². The molecule has 2 atom stereocenters. The van der Waals surface area contributed by atoms with E-state index < -0.39 is 0 Å². The predicted octanol–water partition coefficient (Wildman–Crippen LogP) is 1.91. The lowest BCUT2D eigenvalue weighted by molar-refractivity contribution is 0.317. The van der Waals surface area contributed by atoms with Crippen LogP contribution in [0, 0.1) is 18.7 Å².